The highest BCUT2D eigenvalue weighted by Crippen LogP contribution is 2.47. The van der Waals surface area contributed by atoms with Crippen LogP contribution in [0.4, 0.5) is 28.4 Å². The Balaban J connectivity index is 1.45. The zero-order valence-electron chi connectivity index (χ0n) is 26.3. The first kappa shape index (κ1) is 27.9. The monoisotopic (exact) mass is 592 g/mol. The Morgan fingerprint density at radius 1 is 0.413 bits per heavy atom. The number of para-hydroxylation sites is 1. The van der Waals surface area contributed by atoms with Crippen molar-refractivity contribution in [1.29, 1.82) is 0 Å². The standard InChI is InChI=1S/C44H36N2/c1-31-21-25-35(26-22-31)45(33-13-5-3-6-14-33)43-29-41-38-18-10-12-20-40(38)44(30-42(41)37-17-9-11-19-39(37)43)46(34-15-7-4-8-16-34)36-27-23-32(2)24-28-36/h3,5-7,9-30H,4,8H2,1-2H3. The first-order valence-corrected chi connectivity index (χ1v) is 16.2. The molecule has 0 N–H and O–H groups in total. The van der Waals surface area contributed by atoms with Crippen LogP contribution in [0.3, 0.4) is 0 Å². The smallest absolute Gasteiger partial charge is 0.0546 e. The molecule has 46 heavy (non-hydrogen) atoms. The highest BCUT2D eigenvalue weighted by Gasteiger charge is 2.22. The van der Waals surface area contributed by atoms with Gasteiger partial charge in [0.25, 0.3) is 0 Å². The summed E-state index contributed by atoms with van der Waals surface area (Å²) >= 11 is 0. The number of aryl methyl sites for hydroxylation is 2. The van der Waals surface area contributed by atoms with Gasteiger partial charge in [-0.15, -0.1) is 0 Å². The molecule has 0 atom stereocenters. The fraction of sp³-hybridized carbons (Fsp3) is 0.0909. The molecule has 0 saturated carbocycles. The maximum Gasteiger partial charge on any atom is 0.0546 e. The second-order valence-electron chi connectivity index (χ2n) is 12.3. The average Bonchev–Trinajstić information content (AvgIpc) is 3.11. The van der Waals surface area contributed by atoms with Crippen molar-refractivity contribution in [2.45, 2.75) is 26.7 Å². The summed E-state index contributed by atoms with van der Waals surface area (Å²) in [5, 5.41) is 7.45. The van der Waals surface area contributed by atoms with Crippen LogP contribution in [0, 0.1) is 13.8 Å². The van der Waals surface area contributed by atoms with Gasteiger partial charge in [0.15, 0.2) is 0 Å². The zero-order chi connectivity index (χ0) is 31.0. The molecule has 222 valence electrons. The summed E-state index contributed by atoms with van der Waals surface area (Å²) in [4.78, 5) is 4.85. The van der Waals surface area contributed by atoms with Gasteiger partial charge in [0, 0.05) is 33.5 Å². The molecule has 1 aliphatic carbocycles. The molecular weight excluding hydrogens is 556 g/mol. The van der Waals surface area contributed by atoms with Gasteiger partial charge in [0.1, 0.15) is 0 Å². The molecule has 0 heterocycles. The van der Waals surface area contributed by atoms with E-state index in [1.54, 1.807) is 0 Å². The lowest BCUT2D eigenvalue weighted by molar-refractivity contribution is 0.998. The lowest BCUT2D eigenvalue weighted by atomic mass is 9.93. The highest BCUT2D eigenvalue weighted by atomic mass is 15.2. The molecule has 7 aromatic carbocycles. The molecule has 7 aromatic rings. The van der Waals surface area contributed by atoms with Crippen LogP contribution in [0.1, 0.15) is 24.0 Å². The van der Waals surface area contributed by atoms with E-state index >= 15 is 0 Å². The van der Waals surface area contributed by atoms with Gasteiger partial charge in [-0.05, 0) is 103 Å². The quantitative estimate of drug-likeness (QED) is 0.177. The van der Waals surface area contributed by atoms with Crippen molar-refractivity contribution in [3.8, 4) is 0 Å². The van der Waals surface area contributed by atoms with Gasteiger partial charge < -0.3 is 9.80 Å². The third kappa shape index (κ3) is 4.93. The summed E-state index contributed by atoms with van der Waals surface area (Å²) in [6.45, 7) is 4.29. The first-order chi connectivity index (χ1) is 22.7. The van der Waals surface area contributed by atoms with Gasteiger partial charge in [-0.1, -0.05) is 114 Å². The minimum absolute atomic E-state index is 1.04. The molecule has 0 saturated heterocycles. The summed E-state index contributed by atoms with van der Waals surface area (Å²) in [7, 11) is 0. The third-order valence-corrected chi connectivity index (χ3v) is 9.15. The van der Waals surface area contributed by atoms with Crippen molar-refractivity contribution < 1.29 is 0 Å². The van der Waals surface area contributed by atoms with Crippen molar-refractivity contribution in [2.75, 3.05) is 9.80 Å². The Hall–Kier alpha value is -5.60. The number of hydrogen-bond acceptors (Lipinski definition) is 2. The Morgan fingerprint density at radius 3 is 1.39 bits per heavy atom. The van der Waals surface area contributed by atoms with Crippen LogP contribution in [0.5, 0.6) is 0 Å². The molecular formula is C44H36N2. The average molecular weight is 593 g/mol. The molecule has 0 aliphatic heterocycles. The Bertz CT molecular complexity index is 2260. The van der Waals surface area contributed by atoms with Gasteiger partial charge >= 0.3 is 0 Å². The maximum atomic E-state index is 2.45. The molecule has 0 amide bonds. The van der Waals surface area contributed by atoms with E-state index in [0.717, 1.165) is 24.2 Å². The second kappa shape index (κ2) is 11.7. The predicted molar refractivity (Wildman–Crippen MR) is 198 cm³/mol. The second-order valence-corrected chi connectivity index (χ2v) is 12.3. The molecule has 2 heteroatoms. The summed E-state index contributed by atoms with van der Waals surface area (Å²) in [6, 6.07) is 51.1. The van der Waals surface area contributed by atoms with Gasteiger partial charge in [-0.25, -0.2) is 0 Å². The van der Waals surface area contributed by atoms with E-state index in [4.69, 9.17) is 0 Å². The molecule has 0 radical (unpaired) electrons. The lowest BCUT2D eigenvalue weighted by Gasteiger charge is -2.31. The van der Waals surface area contributed by atoms with Crippen LogP contribution >= 0.6 is 0 Å². The van der Waals surface area contributed by atoms with Crippen molar-refractivity contribution in [1.82, 2.24) is 0 Å². The van der Waals surface area contributed by atoms with Gasteiger partial charge in [-0.2, -0.15) is 0 Å². The van der Waals surface area contributed by atoms with Crippen molar-refractivity contribution in [2.24, 2.45) is 0 Å². The minimum atomic E-state index is 1.04. The topological polar surface area (TPSA) is 6.48 Å². The van der Waals surface area contributed by atoms with Crippen molar-refractivity contribution >= 4 is 60.8 Å². The fourth-order valence-corrected chi connectivity index (χ4v) is 6.87. The van der Waals surface area contributed by atoms with E-state index < -0.39 is 0 Å². The molecule has 8 rings (SSSR count). The van der Waals surface area contributed by atoms with Gasteiger partial charge in [0.05, 0.1) is 11.4 Å². The SMILES string of the molecule is Cc1ccc(N(C2=CCCC=C2)c2cc3c4ccccc4c(N(c4ccccc4)c4ccc(C)cc4)cc3c3ccccc23)cc1. The van der Waals surface area contributed by atoms with Crippen molar-refractivity contribution in [3.05, 3.63) is 175 Å². The van der Waals surface area contributed by atoms with E-state index in [9.17, 15) is 0 Å². The molecule has 0 aromatic heterocycles. The number of fused-ring (bicyclic) bond motifs is 5. The summed E-state index contributed by atoms with van der Waals surface area (Å²) in [6.07, 6.45) is 9.07. The summed E-state index contributed by atoms with van der Waals surface area (Å²) in [5.41, 5.74) is 9.54. The molecule has 1 aliphatic rings. The molecule has 0 spiro atoms. The van der Waals surface area contributed by atoms with Crippen molar-refractivity contribution in [3.63, 3.8) is 0 Å². The van der Waals surface area contributed by atoms with Crippen LogP contribution in [0.15, 0.2) is 163 Å². The predicted octanol–water partition coefficient (Wildman–Crippen LogP) is 12.6. The van der Waals surface area contributed by atoms with Crippen LogP contribution in [0.25, 0.3) is 32.3 Å². The van der Waals surface area contributed by atoms with E-state index in [1.165, 1.54) is 66.2 Å². The van der Waals surface area contributed by atoms with Gasteiger partial charge in [-0.3, -0.25) is 0 Å². The fourth-order valence-electron chi connectivity index (χ4n) is 6.87. The minimum Gasteiger partial charge on any atom is -0.310 e. The Morgan fingerprint density at radius 2 is 0.870 bits per heavy atom. The summed E-state index contributed by atoms with van der Waals surface area (Å²) < 4.78 is 0. The number of nitrogens with zero attached hydrogens (tertiary/aromatic N) is 2. The van der Waals surface area contributed by atoms with E-state index in [0.29, 0.717) is 0 Å². The lowest BCUT2D eigenvalue weighted by Crippen LogP contribution is -2.16. The van der Waals surface area contributed by atoms with E-state index in [-0.39, 0.29) is 0 Å². The Labute approximate surface area is 271 Å². The largest absolute Gasteiger partial charge is 0.310 e. The molecule has 0 fully saturated rings. The maximum absolute atomic E-state index is 2.45. The third-order valence-electron chi connectivity index (χ3n) is 9.15. The first-order valence-electron chi connectivity index (χ1n) is 16.2. The number of anilines is 5. The number of allylic oxidation sites excluding steroid dienone is 3. The van der Waals surface area contributed by atoms with Crippen LogP contribution in [-0.4, -0.2) is 0 Å². The molecule has 2 nitrogen and oxygen atoms in total. The van der Waals surface area contributed by atoms with Crippen LogP contribution < -0.4 is 9.80 Å². The van der Waals surface area contributed by atoms with E-state index in [1.807, 2.05) is 0 Å². The van der Waals surface area contributed by atoms with Gasteiger partial charge in [0.2, 0.25) is 0 Å². The number of hydrogen-bond donors (Lipinski definition) is 0. The molecule has 0 bridgehead atoms. The van der Waals surface area contributed by atoms with Crippen LogP contribution in [0.2, 0.25) is 0 Å². The Kier molecular flexibility index (Phi) is 7.11. The highest BCUT2D eigenvalue weighted by molar-refractivity contribution is 6.24. The zero-order valence-corrected chi connectivity index (χ0v) is 26.3. The summed E-state index contributed by atoms with van der Waals surface area (Å²) in [5.74, 6) is 0. The number of benzene rings is 7. The van der Waals surface area contributed by atoms with E-state index in [2.05, 4.69) is 181 Å². The molecule has 0 unspecified atom stereocenters. The number of rotatable bonds is 6. The normalized spacial score (nSPS) is 12.9. The van der Waals surface area contributed by atoms with Crippen LogP contribution in [-0.2, 0) is 0 Å².